The molecule has 0 aromatic heterocycles. The Bertz CT molecular complexity index is 883. The SMILES string of the molecule is CCN1C(=O)C(=Cc2ccc(OCCCOc3ccccc3Cl)cc2)SC1=S. The summed E-state index contributed by atoms with van der Waals surface area (Å²) in [6.07, 6.45) is 2.60. The van der Waals surface area contributed by atoms with Crippen LogP contribution in [0, 0.1) is 0 Å². The van der Waals surface area contributed by atoms with Crippen molar-refractivity contribution in [1.29, 1.82) is 0 Å². The van der Waals surface area contributed by atoms with Crippen LogP contribution < -0.4 is 9.47 Å². The molecular formula is C21H20ClNO3S2. The number of para-hydroxylation sites is 1. The summed E-state index contributed by atoms with van der Waals surface area (Å²) in [6, 6.07) is 15.0. The molecule has 0 N–H and O–H groups in total. The van der Waals surface area contributed by atoms with Crippen LogP contribution in [0.15, 0.2) is 53.4 Å². The lowest BCUT2D eigenvalue weighted by Crippen LogP contribution is -2.27. The van der Waals surface area contributed by atoms with Crippen LogP contribution in [0.4, 0.5) is 0 Å². The first kappa shape index (κ1) is 20.7. The lowest BCUT2D eigenvalue weighted by molar-refractivity contribution is -0.121. The number of carbonyl (C=O) groups excluding carboxylic acids is 1. The second-order valence-electron chi connectivity index (χ2n) is 5.98. The largest absolute Gasteiger partial charge is 0.493 e. The van der Waals surface area contributed by atoms with E-state index in [2.05, 4.69) is 0 Å². The van der Waals surface area contributed by atoms with Gasteiger partial charge in [0.25, 0.3) is 5.91 Å². The molecule has 28 heavy (non-hydrogen) atoms. The molecule has 0 saturated carbocycles. The van der Waals surface area contributed by atoms with Crippen LogP contribution in [0.3, 0.4) is 0 Å². The van der Waals surface area contributed by atoms with E-state index in [9.17, 15) is 4.79 Å². The Morgan fingerprint density at radius 2 is 1.82 bits per heavy atom. The van der Waals surface area contributed by atoms with Crippen molar-refractivity contribution in [2.45, 2.75) is 13.3 Å². The number of likely N-dealkylation sites (N-methyl/N-ethyl adjacent to an activating group) is 1. The molecule has 4 nitrogen and oxygen atoms in total. The van der Waals surface area contributed by atoms with E-state index >= 15 is 0 Å². The summed E-state index contributed by atoms with van der Waals surface area (Å²) in [5.74, 6) is 1.43. The Labute approximate surface area is 179 Å². The molecule has 1 aliphatic rings. The highest BCUT2D eigenvalue weighted by Crippen LogP contribution is 2.32. The molecule has 2 aromatic carbocycles. The van der Waals surface area contributed by atoms with Crippen LogP contribution in [-0.4, -0.2) is 34.9 Å². The van der Waals surface area contributed by atoms with Gasteiger partial charge in [-0.05, 0) is 42.8 Å². The minimum Gasteiger partial charge on any atom is -0.493 e. The lowest BCUT2D eigenvalue weighted by Gasteiger charge is -2.09. The molecule has 2 aromatic rings. The first-order chi connectivity index (χ1) is 13.6. The zero-order valence-corrected chi connectivity index (χ0v) is 17.8. The zero-order chi connectivity index (χ0) is 19.9. The number of halogens is 1. The Kier molecular flexibility index (Phi) is 7.36. The summed E-state index contributed by atoms with van der Waals surface area (Å²) in [7, 11) is 0. The highest BCUT2D eigenvalue weighted by Gasteiger charge is 2.30. The Morgan fingerprint density at radius 3 is 2.50 bits per heavy atom. The normalized spacial score (nSPS) is 15.4. The summed E-state index contributed by atoms with van der Waals surface area (Å²) < 4.78 is 12.0. The van der Waals surface area contributed by atoms with Crippen LogP contribution in [0.25, 0.3) is 6.08 Å². The molecule has 1 amide bonds. The number of nitrogens with zero attached hydrogens (tertiary/aromatic N) is 1. The van der Waals surface area contributed by atoms with E-state index in [4.69, 9.17) is 33.3 Å². The van der Waals surface area contributed by atoms with Crippen molar-refractivity contribution in [2.24, 2.45) is 0 Å². The second-order valence-corrected chi connectivity index (χ2v) is 8.06. The predicted octanol–water partition coefficient (Wildman–Crippen LogP) is 5.41. The minimum atomic E-state index is -0.0312. The first-order valence-corrected chi connectivity index (χ1v) is 10.5. The highest BCUT2D eigenvalue weighted by molar-refractivity contribution is 8.26. The number of thiocarbonyl (C=S) groups is 1. The molecule has 7 heteroatoms. The monoisotopic (exact) mass is 433 g/mol. The molecular weight excluding hydrogens is 414 g/mol. The van der Waals surface area contributed by atoms with Gasteiger partial charge in [0.05, 0.1) is 23.1 Å². The van der Waals surface area contributed by atoms with Crippen LogP contribution in [0.1, 0.15) is 18.9 Å². The van der Waals surface area contributed by atoms with Crippen LogP contribution in [0.5, 0.6) is 11.5 Å². The molecule has 1 heterocycles. The number of ether oxygens (including phenoxy) is 2. The number of thioether (sulfide) groups is 1. The van der Waals surface area contributed by atoms with E-state index in [-0.39, 0.29) is 5.91 Å². The average molecular weight is 434 g/mol. The van der Waals surface area contributed by atoms with Gasteiger partial charge in [-0.3, -0.25) is 9.69 Å². The number of hydrogen-bond acceptors (Lipinski definition) is 5. The molecule has 0 unspecified atom stereocenters. The van der Waals surface area contributed by atoms with Gasteiger partial charge >= 0.3 is 0 Å². The molecule has 0 radical (unpaired) electrons. The summed E-state index contributed by atoms with van der Waals surface area (Å²) in [6.45, 7) is 3.58. The minimum absolute atomic E-state index is 0.0312. The third-order valence-corrected chi connectivity index (χ3v) is 5.71. The van der Waals surface area contributed by atoms with Gasteiger partial charge < -0.3 is 9.47 Å². The average Bonchev–Trinajstić information content (AvgIpc) is 2.96. The third-order valence-electron chi connectivity index (χ3n) is 4.02. The number of benzene rings is 2. The first-order valence-electron chi connectivity index (χ1n) is 8.94. The van der Waals surface area contributed by atoms with E-state index in [1.807, 2.05) is 55.5 Å². The van der Waals surface area contributed by atoms with Gasteiger partial charge in [-0.2, -0.15) is 0 Å². The smallest absolute Gasteiger partial charge is 0.266 e. The summed E-state index contributed by atoms with van der Waals surface area (Å²) in [4.78, 5) is 14.5. The fraction of sp³-hybridized carbons (Fsp3) is 0.238. The molecule has 0 bridgehead atoms. The molecule has 0 spiro atoms. The van der Waals surface area contributed by atoms with Crippen LogP contribution in [-0.2, 0) is 4.79 Å². The maximum Gasteiger partial charge on any atom is 0.266 e. The van der Waals surface area contributed by atoms with Gasteiger partial charge in [0.15, 0.2) is 0 Å². The van der Waals surface area contributed by atoms with Gasteiger partial charge in [0, 0.05) is 13.0 Å². The van der Waals surface area contributed by atoms with E-state index in [1.54, 1.807) is 11.0 Å². The zero-order valence-electron chi connectivity index (χ0n) is 15.4. The van der Waals surface area contributed by atoms with Crippen molar-refractivity contribution < 1.29 is 14.3 Å². The quantitative estimate of drug-likeness (QED) is 0.316. The van der Waals surface area contributed by atoms with Crippen molar-refractivity contribution in [3.63, 3.8) is 0 Å². The summed E-state index contributed by atoms with van der Waals surface area (Å²) in [5, 5.41) is 0.606. The van der Waals surface area contributed by atoms with Crippen LogP contribution >= 0.6 is 35.6 Å². The standard InChI is InChI=1S/C21H20ClNO3S2/c1-2-23-20(24)19(28-21(23)27)14-15-8-10-16(11-9-15)25-12-5-13-26-18-7-4-3-6-17(18)22/h3-4,6-11,14H,2,5,12-13H2,1H3. The van der Waals surface area contributed by atoms with Gasteiger partial charge in [-0.15, -0.1) is 0 Å². The molecule has 1 aliphatic heterocycles. The van der Waals surface area contributed by atoms with Crippen molar-refractivity contribution in [3.05, 3.63) is 64.0 Å². The van der Waals surface area contributed by atoms with Gasteiger partial charge in [-0.25, -0.2) is 0 Å². The van der Waals surface area contributed by atoms with E-state index in [0.717, 1.165) is 17.7 Å². The lowest BCUT2D eigenvalue weighted by atomic mass is 10.2. The van der Waals surface area contributed by atoms with Crippen LogP contribution in [0.2, 0.25) is 5.02 Å². The number of hydrogen-bond donors (Lipinski definition) is 0. The van der Waals surface area contributed by atoms with Crippen molar-refractivity contribution in [3.8, 4) is 11.5 Å². The molecule has 0 atom stereocenters. The third kappa shape index (κ3) is 5.28. The van der Waals surface area contributed by atoms with Crippen molar-refractivity contribution in [1.82, 2.24) is 4.90 Å². The maximum atomic E-state index is 12.2. The van der Waals surface area contributed by atoms with Crippen molar-refractivity contribution in [2.75, 3.05) is 19.8 Å². The fourth-order valence-electron chi connectivity index (χ4n) is 2.58. The van der Waals surface area contributed by atoms with Gasteiger partial charge in [0.1, 0.15) is 15.8 Å². The van der Waals surface area contributed by atoms with Gasteiger partial charge in [-0.1, -0.05) is 59.8 Å². The van der Waals surface area contributed by atoms with Crippen molar-refractivity contribution >= 4 is 51.9 Å². The number of rotatable bonds is 8. The fourth-order valence-corrected chi connectivity index (χ4v) is 4.15. The van der Waals surface area contributed by atoms with E-state index < -0.39 is 0 Å². The Hall–Kier alpha value is -2.02. The number of carbonyl (C=O) groups is 1. The Morgan fingerprint density at radius 1 is 1.11 bits per heavy atom. The predicted molar refractivity (Wildman–Crippen MR) is 119 cm³/mol. The molecule has 0 aliphatic carbocycles. The second kappa shape index (κ2) is 9.96. The maximum absolute atomic E-state index is 12.2. The number of amides is 1. The summed E-state index contributed by atoms with van der Waals surface area (Å²) >= 11 is 12.6. The topological polar surface area (TPSA) is 38.8 Å². The van der Waals surface area contributed by atoms with E-state index in [0.29, 0.717) is 39.8 Å². The van der Waals surface area contributed by atoms with E-state index in [1.165, 1.54) is 11.8 Å². The van der Waals surface area contributed by atoms with Gasteiger partial charge in [0.2, 0.25) is 0 Å². The highest BCUT2D eigenvalue weighted by atomic mass is 35.5. The molecule has 1 fully saturated rings. The Balaban J connectivity index is 1.46. The summed E-state index contributed by atoms with van der Waals surface area (Å²) in [5.41, 5.74) is 0.936. The molecule has 146 valence electrons. The molecule has 1 saturated heterocycles. The molecule has 3 rings (SSSR count).